The summed E-state index contributed by atoms with van der Waals surface area (Å²) in [5.41, 5.74) is 0.957. The molecule has 3 rings (SSSR count). The summed E-state index contributed by atoms with van der Waals surface area (Å²) in [6, 6.07) is 7.95. The standard InChI is InChI=1S/C21H15Cl4NO5S/c1-2-30-18(27)10-31-19-15(24)6-11(7-16(19)25)8-17-20(28)26(21(29)32-17)9-12-13(22)4-3-5-14(12)23/h3-8H,2,9-10H2,1H3/b17-8-. The molecule has 0 aliphatic carbocycles. The fourth-order valence-electron chi connectivity index (χ4n) is 2.76. The van der Waals surface area contributed by atoms with E-state index >= 15 is 0 Å². The highest BCUT2D eigenvalue weighted by Crippen LogP contribution is 2.38. The minimum atomic E-state index is -0.559. The highest BCUT2D eigenvalue weighted by Gasteiger charge is 2.35. The third-order valence-electron chi connectivity index (χ3n) is 4.21. The van der Waals surface area contributed by atoms with Crippen molar-refractivity contribution in [1.29, 1.82) is 0 Å². The quantitative estimate of drug-likeness (QED) is 0.299. The Morgan fingerprint density at radius 1 is 1.06 bits per heavy atom. The van der Waals surface area contributed by atoms with Crippen LogP contribution >= 0.6 is 58.2 Å². The summed E-state index contributed by atoms with van der Waals surface area (Å²) >= 11 is 25.5. The van der Waals surface area contributed by atoms with E-state index in [-0.39, 0.29) is 40.5 Å². The van der Waals surface area contributed by atoms with Crippen molar-refractivity contribution in [3.63, 3.8) is 0 Å². The molecule has 1 saturated heterocycles. The van der Waals surface area contributed by atoms with E-state index in [4.69, 9.17) is 55.9 Å². The molecule has 168 valence electrons. The van der Waals surface area contributed by atoms with Crippen molar-refractivity contribution in [3.05, 3.63) is 66.5 Å². The first-order valence-corrected chi connectivity index (χ1v) is 11.5. The molecule has 0 bridgehead atoms. The topological polar surface area (TPSA) is 72.9 Å². The van der Waals surface area contributed by atoms with Gasteiger partial charge in [-0.05, 0) is 54.6 Å². The number of ether oxygens (including phenoxy) is 2. The van der Waals surface area contributed by atoms with Gasteiger partial charge in [0.15, 0.2) is 12.4 Å². The average molecular weight is 535 g/mol. The molecule has 0 atom stereocenters. The summed E-state index contributed by atoms with van der Waals surface area (Å²) in [5, 5.41) is 0.532. The first kappa shape index (κ1) is 24.7. The zero-order valence-electron chi connectivity index (χ0n) is 16.5. The second-order valence-corrected chi connectivity index (χ2v) is 9.00. The average Bonchev–Trinajstić information content (AvgIpc) is 2.97. The highest BCUT2D eigenvalue weighted by molar-refractivity contribution is 8.18. The van der Waals surface area contributed by atoms with E-state index in [0.29, 0.717) is 21.2 Å². The molecule has 1 fully saturated rings. The lowest BCUT2D eigenvalue weighted by molar-refractivity contribution is -0.145. The van der Waals surface area contributed by atoms with Crippen LogP contribution in [0.3, 0.4) is 0 Å². The minimum Gasteiger partial charge on any atom is -0.479 e. The Balaban J connectivity index is 1.79. The fourth-order valence-corrected chi connectivity index (χ4v) is 4.73. The van der Waals surface area contributed by atoms with Crippen molar-refractivity contribution in [2.45, 2.75) is 13.5 Å². The van der Waals surface area contributed by atoms with E-state index < -0.39 is 17.1 Å². The number of esters is 1. The van der Waals surface area contributed by atoms with Crippen LogP contribution in [-0.2, 0) is 20.9 Å². The van der Waals surface area contributed by atoms with Crippen LogP contribution in [0.5, 0.6) is 5.75 Å². The highest BCUT2D eigenvalue weighted by atomic mass is 35.5. The van der Waals surface area contributed by atoms with Crippen molar-refractivity contribution in [3.8, 4) is 5.75 Å². The number of imide groups is 1. The Bertz CT molecular complexity index is 1080. The Hall–Kier alpha value is -1.90. The predicted octanol–water partition coefficient (Wildman–Crippen LogP) is 6.48. The van der Waals surface area contributed by atoms with Crippen molar-refractivity contribution in [1.82, 2.24) is 4.90 Å². The smallest absolute Gasteiger partial charge is 0.344 e. The molecular weight excluding hydrogens is 520 g/mol. The molecule has 2 amide bonds. The van der Waals surface area contributed by atoms with Gasteiger partial charge >= 0.3 is 5.97 Å². The molecule has 1 aliphatic heterocycles. The molecular formula is C21H15Cl4NO5S. The number of halogens is 4. The summed E-state index contributed by atoms with van der Waals surface area (Å²) in [6.45, 7) is 1.50. The maximum absolute atomic E-state index is 12.8. The summed E-state index contributed by atoms with van der Waals surface area (Å²) in [7, 11) is 0. The van der Waals surface area contributed by atoms with Crippen molar-refractivity contribution >= 4 is 81.4 Å². The van der Waals surface area contributed by atoms with Gasteiger partial charge in [-0.15, -0.1) is 0 Å². The number of hydrogen-bond acceptors (Lipinski definition) is 6. The van der Waals surface area contributed by atoms with E-state index in [2.05, 4.69) is 0 Å². The first-order valence-electron chi connectivity index (χ1n) is 9.17. The van der Waals surface area contributed by atoms with Crippen LogP contribution in [0.2, 0.25) is 20.1 Å². The van der Waals surface area contributed by atoms with Gasteiger partial charge in [-0.3, -0.25) is 14.5 Å². The van der Waals surface area contributed by atoms with E-state index in [1.54, 1.807) is 25.1 Å². The maximum atomic E-state index is 12.8. The number of carbonyl (C=O) groups excluding carboxylic acids is 3. The van der Waals surface area contributed by atoms with Crippen LogP contribution in [0.15, 0.2) is 35.2 Å². The molecule has 2 aromatic carbocycles. The van der Waals surface area contributed by atoms with Crippen LogP contribution in [0, 0.1) is 0 Å². The molecule has 0 spiro atoms. The third-order valence-corrected chi connectivity index (χ3v) is 6.39. The van der Waals surface area contributed by atoms with E-state index in [9.17, 15) is 14.4 Å². The van der Waals surface area contributed by atoms with Crippen LogP contribution in [0.4, 0.5) is 4.79 Å². The minimum absolute atomic E-state index is 0.0529. The van der Waals surface area contributed by atoms with Gasteiger partial charge in [-0.25, -0.2) is 4.79 Å². The molecule has 1 heterocycles. The second kappa shape index (κ2) is 10.8. The summed E-state index contributed by atoms with van der Waals surface area (Å²) in [5.74, 6) is -0.943. The van der Waals surface area contributed by atoms with Crippen LogP contribution in [0.25, 0.3) is 6.08 Å². The van der Waals surface area contributed by atoms with Gasteiger partial charge in [0, 0.05) is 15.6 Å². The lowest BCUT2D eigenvalue weighted by Gasteiger charge is -2.14. The number of carbonyl (C=O) groups is 3. The van der Waals surface area contributed by atoms with Crippen LogP contribution in [-0.4, -0.2) is 35.2 Å². The van der Waals surface area contributed by atoms with Gasteiger partial charge in [0.05, 0.1) is 28.1 Å². The largest absolute Gasteiger partial charge is 0.479 e. The fraction of sp³-hybridized carbons (Fsp3) is 0.190. The molecule has 0 saturated carbocycles. The van der Waals surface area contributed by atoms with Gasteiger partial charge in [0.2, 0.25) is 0 Å². The van der Waals surface area contributed by atoms with Gasteiger partial charge in [0.25, 0.3) is 11.1 Å². The number of amides is 2. The number of benzene rings is 2. The van der Waals surface area contributed by atoms with Gasteiger partial charge in [-0.1, -0.05) is 52.5 Å². The summed E-state index contributed by atoms with van der Waals surface area (Å²) in [6.07, 6.45) is 1.49. The lowest BCUT2D eigenvalue weighted by Crippen LogP contribution is -2.27. The van der Waals surface area contributed by atoms with Crippen LogP contribution in [0.1, 0.15) is 18.1 Å². The normalized spacial score (nSPS) is 14.9. The van der Waals surface area contributed by atoms with Crippen LogP contribution < -0.4 is 4.74 Å². The summed E-state index contributed by atoms with van der Waals surface area (Å²) < 4.78 is 10.1. The zero-order chi connectivity index (χ0) is 23.4. The third kappa shape index (κ3) is 5.71. The number of thioether (sulfide) groups is 1. The Morgan fingerprint density at radius 2 is 1.69 bits per heavy atom. The molecule has 0 N–H and O–H groups in total. The zero-order valence-corrected chi connectivity index (χ0v) is 20.3. The lowest BCUT2D eigenvalue weighted by atomic mass is 10.2. The Labute approximate surface area is 208 Å². The molecule has 11 heteroatoms. The summed E-state index contributed by atoms with van der Waals surface area (Å²) in [4.78, 5) is 38.0. The Kier molecular flexibility index (Phi) is 8.36. The van der Waals surface area contributed by atoms with E-state index in [1.165, 1.54) is 18.2 Å². The molecule has 0 aromatic heterocycles. The maximum Gasteiger partial charge on any atom is 0.344 e. The van der Waals surface area contributed by atoms with E-state index in [1.807, 2.05) is 0 Å². The number of hydrogen-bond donors (Lipinski definition) is 0. The molecule has 32 heavy (non-hydrogen) atoms. The van der Waals surface area contributed by atoms with Crippen molar-refractivity contribution in [2.24, 2.45) is 0 Å². The molecule has 6 nitrogen and oxygen atoms in total. The van der Waals surface area contributed by atoms with E-state index in [0.717, 1.165) is 16.7 Å². The SMILES string of the molecule is CCOC(=O)COc1c(Cl)cc(/C=C2\SC(=O)N(Cc3c(Cl)cccc3Cl)C2=O)cc1Cl. The van der Waals surface area contributed by atoms with Crippen molar-refractivity contribution in [2.75, 3.05) is 13.2 Å². The predicted molar refractivity (Wildman–Crippen MR) is 127 cm³/mol. The molecule has 2 aromatic rings. The molecule has 1 aliphatic rings. The first-order chi connectivity index (χ1) is 15.2. The number of rotatable bonds is 7. The van der Waals surface area contributed by atoms with Gasteiger partial charge in [0.1, 0.15) is 0 Å². The monoisotopic (exact) mass is 533 g/mol. The Morgan fingerprint density at radius 3 is 2.28 bits per heavy atom. The second-order valence-electron chi connectivity index (χ2n) is 6.38. The molecule has 0 unspecified atom stereocenters. The van der Waals surface area contributed by atoms with Gasteiger partial charge < -0.3 is 9.47 Å². The van der Waals surface area contributed by atoms with Crippen molar-refractivity contribution < 1.29 is 23.9 Å². The number of nitrogens with zero attached hydrogens (tertiary/aromatic N) is 1. The van der Waals surface area contributed by atoms with Gasteiger partial charge in [-0.2, -0.15) is 0 Å². The molecule has 0 radical (unpaired) electrons.